The molecule has 9 nitrogen and oxygen atoms in total. The molecule has 2 aromatic rings. The number of carbonyl (C=O) groups is 2. The van der Waals surface area contributed by atoms with Gasteiger partial charge in [-0.2, -0.15) is 0 Å². The minimum absolute atomic E-state index is 0.223. The standard InChI is InChI=1S/C17H15N3O3.C14H25NO.H3NS/c21-11-19-18-8-3-9-23-12-6-7-14-13-4-1-2-5-15(13)17(20-22)16(14)10-12;1-3-5-6-8-14(16)15-13(7-4-2)11-12-9-10-12;1-2/h1-7,9-11,18,22H,8H2,(H,19,21);4,12-13H,2-3,5-11H2,1H3,(H,15,16);2H,1H2/b9-3+,20-17-;;. The minimum atomic E-state index is 0.223. The molecule has 222 valence electrons. The molecular weight excluding hydrogens is 538 g/mol. The van der Waals surface area contributed by atoms with E-state index in [1.54, 1.807) is 6.08 Å². The summed E-state index contributed by atoms with van der Waals surface area (Å²) < 4.78 is 5.53. The van der Waals surface area contributed by atoms with Crippen LogP contribution in [0.25, 0.3) is 11.1 Å². The predicted octanol–water partition coefficient (Wildman–Crippen LogP) is 5.25. The zero-order valence-electron chi connectivity index (χ0n) is 23.7. The Kier molecular flexibility index (Phi) is 16.0. The number of ether oxygens (including phenoxy) is 1. The van der Waals surface area contributed by atoms with Crippen molar-refractivity contribution in [2.75, 3.05) is 6.54 Å². The quantitative estimate of drug-likeness (QED) is 0.0276. The average molecular weight is 582 g/mol. The topological polar surface area (TPSA) is 138 Å². The van der Waals surface area contributed by atoms with Crippen LogP contribution in [0.4, 0.5) is 0 Å². The van der Waals surface area contributed by atoms with Gasteiger partial charge in [0.1, 0.15) is 11.5 Å². The molecule has 2 aromatic carbocycles. The molecule has 0 heterocycles. The SMILES string of the molecule is C=CCC(CC1CC1)NC(=O)CCCCC.NS.O=CNNC/C=C/Oc1ccc2c(c1)/C(=N\O)c1ccccc1-2. The molecule has 6 N–H and O–H groups in total. The number of nitrogens with zero attached hydrogens (tertiary/aromatic N) is 1. The van der Waals surface area contributed by atoms with Gasteiger partial charge in [0.05, 0.1) is 6.26 Å². The lowest BCUT2D eigenvalue weighted by Gasteiger charge is -2.16. The van der Waals surface area contributed by atoms with Crippen LogP contribution in [0.2, 0.25) is 0 Å². The lowest BCUT2D eigenvalue weighted by molar-refractivity contribution is -0.122. The van der Waals surface area contributed by atoms with E-state index in [1.807, 2.05) is 48.5 Å². The minimum Gasteiger partial charge on any atom is -0.465 e. The number of oxime groups is 1. The van der Waals surface area contributed by atoms with Crippen LogP contribution >= 0.6 is 12.8 Å². The summed E-state index contributed by atoms with van der Waals surface area (Å²) >= 11 is 3.03. The van der Waals surface area contributed by atoms with Crippen LogP contribution in [0.1, 0.15) is 69.4 Å². The van der Waals surface area contributed by atoms with Crippen LogP contribution in [0, 0.1) is 5.92 Å². The molecule has 1 unspecified atom stereocenters. The third kappa shape index (κ3) is 11.4. The van der Waals surface area contributed by atoms with Crippen LogP contribution < -0.4 is 26.0 Å². The number of amides is 2. The molecule has 1 fully saturated rings. The van der Waals surface area contributed by atoms with Crippen LogP contribution in [-0.4, -0.2) is 35.8 Å². The molecule has 0 aliphatic heterocycles. The number of fused-ring (bicyclic) bond motifs is 3. The van der Waals surface area contributed by atoms with Gasteiger partial charge in [-0.05, 0) is 60.6 Å². The summed E-state index contributed by atoms with van der Waals surface area (Å²) in [5.74, 6) is 1.72. The summed E-state index contributed by atoms with van der Waals surface area (Å²) in [5.41, 5.74) is 9.32. The number of rotatable bonds is 15. The van der Waals surface area contributed by atoms with Crippen molar-refractivity contribution in [2.24, 2.45) is 16.2 Å². The van der Waals surface area contributed by atoms with Gasteiger partial charge in [0.2, 0.25) is 12.3 Å². The number of thiol groups is 1. The molecule has 1 atom stereocenters. The third-order valence-electron chi connectivity index (χ3n) is 6.64. The highest BCUT2D eigenvalue weighted by Gasteiger charge is 2.26. The lowest BCUT2D eigenvalue weighted by atomic mass is 10.1. The second kappa shape index (κ2) is 19.5. The second-order valence-electron chi connectivity index (χ2n) is 9.76. The van der Waals surface area contributed by atoms with Crippen molar-refractivity contribution in [2.45, 2.75) is 64.3 Å². The maximum absolute atomic E-state index is 11.7. The average Bonchev–Trinajstić information content (AvgIpc) is 3.75. The molecule has 41 heavy (non-hydrogen) atoms. The zero-order valence-corrected chi connectivity index (χ0v) is 24.6. The Morgan fingerprint density at radius 1 is 1.17 bits per heavy atom. The Hall–Kier alpha value is -3.60. The molecular formula is C31H43N5O4S. The second-order valence-corrected chi connectivity index (χ2v) is 9.76. The van der Waals surface area contributed by atoms with E-state index in [1.165, 1.54) is 25.5 Å². The first-order chi connectivity index (χ1) is 20.1. The van der Waals surface area contributed by atoms with Gasteiger partial charge in [-0.1, -0.05) is 68.1 Å². The van der Waals surface area contributed by atoms with E-state index in [4.69, 9.17) is 4.74 Å². The van der Waals surface area contributed by atoms with Gasteiger partial charge in [-0.25, -0.2) is 5.43 Å². The van der Waals surface area contributed by atoms with Crippen molar-refractivity contribution in [1.82, 2.24) is 16.2 Å². The Bertz CT molecular complexity index is 1170. The van der Waals surface area contributed by atoms with Crippen molar-refractivity contribution >= 4 is 30.8 Å². The van der Waals surface area contributed by atoms with Crippen molar-refractivity contribution in [1.29, 1.82) is 0 Å². The van der Waals surface area contributed by atoms with Gasteiger partial charge in [-0.3, -0.25) is 20.2 Å². The summed E-state index contributed by atoms with van der Waals surface area (Å²) in [7, 11) is 0. The number of nitrogens with two attached hydrogens (primary N) is 1. The summed E-state index contributed by atoms with van der Waals surface area (Å²) in [4.78, 5) is 21.7. The molecule has 2 amide bonds. The molecule has 2 aliphatic rings. The van der Waals surface area contributed by atoms with Gasteiger partial charge in [0, 0.05) is 30.1 Å². The van der Waals surface area contributed by atoms with Gasteiger partial charge in [0.15, 0.2) is 0 Å². The number of hydrogen-bond acceptors (Lipinski definition) is 8. The smallest absolute Gasteiger partial charge is 0.221 e. The van der Waals surface area contributed by atoms with E-state index in [0.717, 1.165) is 53.9 Å². The molecule has 0 bridgehead atoms. The molecule has 0 aromatic heterocycles. The van der Waals surface area contributed by atoms with Crippen molar-refractivity contribution in [3.05, 3.63) is 78.6 Å². The van der Waals surface area contributed by atoms with E-state index in [-0.39, 0.29) is 5.91 Å². The lowest BCUT2D eigenvalue weighted by Crippen LogP contribution is -2.34. The molecule has 0 saturated heterocycles. The fourth-order valence-electron chi connectivity index (χ4n) is 4.55. The van der Waals surface area contributed by atoms with Gasteiger partial charge in [0.25, 0.3) is 0 Å². The van der Waals surface area contributed by atoms with Crippen molar-refractivity contribution in [3.63, 3.8) is 0 Å². The Balaban J connectivity index is 0.000000288. The van der Waals surface area contributed by atoms with E-state index < -0.39 is 0 Å². The van der Waals surface area contributed by atoms with Crippen molar-refractivity contribution in [3.8, 4) is 16.9 Å². The van der Waals surface area contributed by atoms with Crippen LogP contribution in [0.3, 0.4) is 0 Å². The van der Waals surface area contributed by atoms with Crippen LogP contribution in [0.15, 0.2) is 72.6 Å². The molecule has 10 heteroatoms. The number of hydrazine groups is 1. The molecule has 4 rings (SSSR count). The van der Waals surface area contributed by atoms with E-state index in [2.05, 4.69) is 52.8 Å². The number of hydrogen-bond donors (Lipinski definition) is 6. The molecule has 0 radical (unpaired) electrons. The monoisotopic (exact) mass is 581 g/mol. The highest BCUT2D eigenvalue weighted by molar-refractivity contribution is 7.77. The third-order valence-corrected chi connectivity index (χ3v) is 6.64. The Morgan fingerprint density at radius 2 is 1.90 bits per heavy atom. The summed E-state index contributed by atoms with van der Waals surface area (Å²) in [6, 6.07) is 13.8. The number of nitrogens with one attached hydrogen (secondary N) is 3. The largest absolute Gasteiger partial charge is 0.465 e. The maximum atomic E-state index is 11.7. The highest BCUT2D eigenvalue weighted by Crippen LogP contribution is 2.38. The first kappa shape index (κ1) is 33.6. The van der Waals surface area contributed by atoms with E-state index >= 15 is 0 Å². The highest BCUT2D eigenvalue weighted by atomic mass is 32.1. The van der Waals surface area contributed by atoms with E-state index in [0.29, 0.717) is 36.9 Å². The van der Waals surface area contributed by atoms with Gasteiger partial charge in [-0.15, -0.1) is 19.4 Å². The van der Waals surface area contributed by atoms with Crippen LogP contribution in [-0.2, 0) is 9.59 Å². The van der Waals surface area contributed by atoms with Crippen LogP contribution in [0.5, 0.6) is 5.75 Å². The van der Waals surface area contributed by atoms with E-state index in [9.17, 15) is 14.8 Å². The summed E-state index contributed by atoms with van der Waals surface area (Å²) in [6.07, 6.45) is 14.5. The first-order valence-corrected chi connectivity index (χ1v) is 14.5. The molecule has 0 spiro atoms. The van der Waals surface area contributed by atoms with Crippen molar-refractivity contribution < 1.29 is 19.5 Å². The zero-order chi connectivity index (χ0) is 29.9. The van der Waals surface area contributed by atoms with Gasteiger partial charge >= 0.3 is 0 Å². The number of carbonyl (C=O) groups excluding carboxylic acids is 2. The molecule has 2 aliphatic carbocycles. The Labute approximate surface area is 248 Å². The predicted molar refractivity (Wildman–Crippen MR) is 168 cm³/mol. The van der Waals surface area contributed by atoms with Gasteiger partial charge < -0.3 is 15.3 Å². The summed E-state index contributed by atoms with van der Waals surface area (Å²) in [5, 5.41) is 20.1. The molecule has 1 saturated carbocycles. The maximum Gasteiger partial charge on any atom is 0.221 e. The fraction of sp³-hybridized carbons (Fsp3) is 0.387. The fourth-order valence-corrected chi connectivity index (χ4v) is 4.55. The number of benzene rings is 2. The Morgan fingerprint density at radius 3 is 2.56 bits per heavy atom. The first-order valence-electron chi connectivity index (χ1n) is 14.0. The number of unbranched alkanes of at least 4 members (excludes halogenated alkanes) is 2. The normalized spacial score (nSPS) is 14.5. The summed E-state index contributed by atoms with van der Waals surface area (Å²) in [6.45, 7) is 6.36.